The quantitative estimate of drug-likeness (QED) is 0.207. The van der Waals surface area contributed by atoms with Crippen LogP contribution in [-0.4, -0.2) is 112 Å². The average Bonchev–Trinajstić information content (AvgIpc) is 3.98. The van der Waals surface area contributed by atoms with E-state index >= 15 is 0 Å². The third-order valence-corrected chi connectivity index (χ3v) is 10.9. The number of hydrogen-bond acceptors (Lipinski definition) is 7. The fraction of sp³-hybridized carbons (Fsp3) is 0.595. The number of benzene rings is 2. The van der Waals surface area contributed by atoms with Crippen LogP contribution in [0.1, 0.15) is 102 Å². The Hall–Kier alpha value is -4.67. The van der Waals surface area contributed by atoms with E-state index in [0.717, 1.165) is 29.4 Å². The Balaban J connectivity index is 1.44. The van der Waals surface area contributed by atoms with E-state index in [1.807, 2.05) is 10.2 Å². The van der Waals surface area contributed by atoms with Crippen molar-refractivity contribution in [1.29, 1.82) is 0 Å². The third kappa shape index (κ3) is 11.2. The molecular weight excluding hydrogens is 817 g/mol. The van der Waals surface area contributed by atoms with Gasteiger partial charge in [-0.05, 0) is 110 Å². The summed E-state index contributed by atoms with van der Waals surface area (Å²) in [5, 5.41) is 2.54. The van der Waals surface area contributed by atoms with Gasteiger partial charge in [0.2, 0.25) is 5.91 Å². The first-order valence-corrected chi connectivity index (χ1v) is 20.4. The van der Waals surface area contributed by atoms with Gasteiger partial charge in [0.05, 0.1) is 29.3 Å². The topological polar surface area (TPSA) is 129 Å². The summed E-state index contributed by atoms with van der Waals surface area (Å²) in [6.45, 7) is 10.4. The summed E-state index contributed by atoms with van der Waals surface area (Å²) in [5.74, 6) is -3.79. The van der Waals surface area contributed by atoms with Crippen molar-refractivity contribution in [1.82, 2.24) is 20.0 Å². The lowest BCUT2D eigenvalue weighted by Gasteiger charge is -2.46. The molecule has 3 aliphatic rings. The number of hydrogen-bond donors (Lipinski definition) is 1. The van der Waals surface area contributed by atoms with Crippen molar-refractivity contribution in [2.45, 2.75) is 135 Å². The van der Waals surface area contributed by atoms with Crippen LogP contribution in [0, 0.1) is 0 Å². The maximum atomic E-state index is 14.9. The van der Waals surface area contributed by atoms with Crippen molar-refractivity contribution in [2.75, 3.05) is 31.1 Å². The van der Waals surface area contributed by atoms with Crippen LogP contribution < -0.4 is 15.0 Å². The van der Waals surface area contributed by atoms with Gasteiger partial charge in [-0.1, -0.05) is 23.7 Å². The number of amides is 5. The van der Waals surface area contributed by atoms with Crippen LogP contribution >= 0.6 is 11.6 Å². The van der Waals surface area contributed by atoms with E-state index in [4.69, 9.17) is 21.1 Å². The molecule has 2 fully saturated rings. The van der Waals surface area contributed by atoms with Crippen LogP contribution in [0.3, 0.4) is 0 Å². The van der Waals surface area contributed by atoms with Gasteiger partial charge in [-0.25, -0.2) is 4.79 Å². The highest BCUT2D eigenvalue weighted by molar-refractivity contribution is 6.30. The second kappa shape index (κ2) is 18.1. The highest BCUT2D eigenvalue weighted by Crippen LogP contribution is 2.45. The molecule has 0 aromatic heterocycles. The van der Waals surface area contributed by atoms with Gasteiger partial charge in [0, 0.05) is 49.3 Å². The van der Waals surface area contributed by atoms with Gasteiger partial charge in [0.15, 0.2) is 5.60 Å². The molecule has 0 spiro atoms. The van der Waals surface area contributed by atoms with Crippen molar-refractivity contribution in [3.63, 3.8) is 0 Å². The highest BCUT2D eigenvalue weighted by Gasteiger charge is 2.46. The lowest BCUT2D eigenvalue weighted by Crippen LogP contribution is -2.58. The number of piperidine rings is 1. The number of nitrogens with zero attached hydrogens (tertiary/aromatic N) is 4. The molecule has 0 radical (unpaired) electrons. The van der Waals surface area contributed by atoms with E-state index < -0.39 is 90.0 Å². The zero-order chi connectivity index (χ0) is 44.5. The number of carbonyl (C=O) groups excluding carboxylic acids is 5. The van der Waals surface area contributed by atoms with Crippen LogP contribution in [0.5, 0.6) is 5.75 Å². The van der Waals surface area contributed by atoms with Gasteiger partial charge >= 0.3 is 18.7 Å². The molecule has 5 amide bonds. The van der Waals surface area contributed by atoms with Crippen LogP contribution in [0.15, 0.2) is 36.4 Å². The maximum Gasteiger partial charge on any atom is 0.417 e. The molecule has 1 aliphatic carbocycles. The van der Waals surface area contributed by atoms with Crippen molar-refractivity contribution in [3.8, 4) is 5.75 Å². The molecular formula is C42H53ClF5N5O7. The second-order valence-electron chi connectivity index (χ2n) is 17.3. The van der Waals surface area contributed by atoms with Gasteiger partial charge in [-0.3, -0.25) is 19.2 Å². The Labute approximate surface area is 351 Å². The highest BCUT2D eigenvalue weighted by atomic mass is 35.5. The molecule has 0 unspecified atom stereocenters. The van der Waals surface area contributed by atoms with Gasteiger partial charge in [0.25, 0.3) is 17.7 Å². The van der Waals surface area contributed by atoms with E-state index in [2.05, 4.69) is 0 Å². The molecule has 2 aliphatic heterocycles. The summed E-state index contributed by atoms with van der Waals surface area (Å²) in [5.41, 5.74) is -4.10. The van der Waals surface area contributed by atoms with Crippen molar-refractivity contribution >= 4 is 47.0 Å². The van der Waals surface area contributed by atoms with Gasteiger partial charge in [-0.15, -0.1) is 0 Å². The van der Waals surface area contributed by atoms with Crippen molar-refractivity contribution < 1.29 is 55.4 Å². The SMILES string of the molecule is CC(C)N(C(=O)c1cc2c(cc1C(F)(F)F)OC(C)(C)C(=O)N2CCNC(=O)C(F)F)[C@@H]1CC[C@H](CCN(C(=O)Cc2ccc(Cl)cc2)C2CC2)N(C(=O)OC(C)(C)C)C1. The number of rotatable bonds is 13. The molecule has 5 rings (SSSR count). The smallest absolute Gasteiger partial charge is 0.417 e. The summed E-state index contributed by atoms with van der Waals surface area (Å²) in [7, 11) is 0. The monoisotopic (exact) mass is 869 g/mol. The second-order valence-corrected chi connectivity index (χ2v) is 17.7. The van der Waals surface area contributed by atoms with E-state index in [1.54, 1.807) is 58.9 Å². The van der Waals surface area contributed by atoms with E-state index in [0.29, 0.717) is 36.9 Å². The first kappa shape index (κ1) is 46.4. The lowest BCUT2D eigenvalue weighted by atomic mass is 9.92. The van der Waals surface area contributed by atoms with Crippen LogP contribution in [0.2, 0.25) is 5.02 Å². The van der Waals surface area contributed by atoms with Crippen LogP contribution in [0.4, 0.5) is 32.4 Å². The molecule has 2 aromatic carbocycles. The van der Waals surface area contributed by atoms with Gasteiger partial charge in [0.1, 0.15) is 11.4 Å². The average molecular weight is 870 g/mol. The summed E-state index contributed by atoms with van der Waals surface area (Å²) >= 11 is 6.03. The van der Waals surface area contributed by atoms with E-state index in [-0.39, 0.29) is 36.4 Å². The number of nitrogens with one attached hydrogen (secondary N) is 1. The number of anilines is 1. The molecule has 1 saturated heterocycles. The zero-order valence-corrected chi connectivity index (χ0v) is 35.6. The number of ether oxygens (including phenoxy) is 2. The molecule has 2 atom stereocenters. The number of halogens is 6. The minimum atomic E-state index is -5.06. The number of fused-ring (bicyclic) bond motifs is 1. The third-order valence-electron chi connectivity index (χ3n) is 10.7. The Kier molecular flexibility index (Phi) is 14.0. The minimum Gasteiger partial charge on any atom is -0.476 e. The zero-order valence-electron chi connectivity index (χ0n) is 34.8. The Morgan fingerprint density at radius 2 is 1.63 bits per heavy atom. The Bertz CT molecular complexity index is 1930. The number of alkyl halides is 5. The predicted molar refractivity (Wildman–Crippen MR) is 213 cm³/mol. The summed E-state index contributed by atoms with van der Waals surface area (Å²) in [6.07, 6.45) is -6.14. The fourth-order valence-corrected chi connectivity index (χ4v) is 7.85. The predicted octanol–water partition coefficient (Wildman–Crippen LogP) is 7.49. The van der Waals surface area contributed by atoms with Gasteiger partial charge in [-0.2, -0.15) is 22.0 Å². The fourth-order valence-electron chi connectivity index (χ4n) is 7.72. The summed E-state index contributed by atoms with van der Waals surface area (Å²) in [4.78, 5) is 72.7. The molecule has 0 bridgehead atoms. The molecule has 2 heterocycles. The van der Waals surface area contributed by atoms with E-state index in [9.17, 15) is 45.9 Å². The van der Waals surface area contributed by atoms with Crippen molar-refractivity contribution in [3.05, 3.63) is 58.1 Å². The molecule has 18 heteroatoms. The van der Waals surface area contributed by atoms with Gasteiger partial charge < -0.3 is 34.4 Å². The van der Waals surface area contributed by atoms with E-state index in [1.165, 1.54) is 23.6 Å². The largest absolute Gasteiger partial charge is 0.476 e. The van der Waals surface area contributed by atoms with Crippen LogP contribution in [-0.2, 0) is 31.7 Å². The number of likely N-dealkylation sites (tertiary alicyclic amines) is 1. The molecule has 12 nitrogen and oxygen atoms in total. The Morgan fingerprint density at radius 1 is 1.00 bits per heavy atom. The Morgan fingerprint density at radius 3 is 2.20 bits per heavy atom. The first-order chi connectivity index (χ1) is 27.9. The minimum absolute atomic E-state index is 0.0634. The molecule has 1 N–H and O–H groups in total. The summed E-state index contributed by atoms with van der Waals surface area (Å²) in [6, 6.07) is 6.78. The van der Waals surface area contributed by atoms with Crippen molar-refractivity contribution in [2.24, 2.45) is 0 Å². The summed E-state index contributed by atoms with van der Waals surface area (Å²) < 4.78 is 81.9. The van der Waals surface area contributed by atoms with Crippen LogP contribution in [0.25, 0.3) is 0 Å². The lowest BCUT2D eigenvalue weighted by molar-refractivity contribution is -0.138. The molecule has 60 heavy (non-hydrogen) atoms. The maximum absolute atomic E-state index is 14.9. The molecule has 1 saturated carbocycles. The normalized spacial score (nSPS) is 19.1. The molecule has 2 aromatic rings. The standard InChI is InChI=1S/C42H53ClF5N5O7/c1-24(2)53(37(56)30-21-32-33(22-31(30)42(46,47)48)59-41(6,7)38(57)51(32)19-17-49-36(55)35(44)45)29-15-14-28(52(23-29)39(58)60-40(3,4)5)16-18-50(27-12-13-27)34(54)20-25-8-10-26(43)11-9-25/h8-11,21-22,24,27-29,35H,12-20,23H2,1-7H3,(H,49,55)/t28-,29-/m1/s1. The molecule has 330 valence electrons. The first-order valence-electron chi connectivity index (χ1n) is 20.1. The number of carbonyl (C=O) groups is 5.